The first kappa shape index (κ1) is 23.9. The van der Waals surface area contributed by atoms with Crippen molar-refractivity contribution in [1.29, 1.82) is 0 Å². The number of hydrogen-bond donors (Lipinski definition) is 1. The zero-order chi connectivity index (χ0) is 24.8. The van der Waals surface area contributed by atoms with Gasteiger partial charge in [0.2, 0.25) is 0 Å². The molecule has 0 aliphatic carbocycles. The number of nitrogens with one attached hydrogen (secondary N) is 1. The van der Waals surface area contributed by atoms with E-state index in [0.29, 0.717) is 23.5 Å². The summed E-state index contributed by atoms with van der Waals surface area (Å²) in [5, 5.41) is 2.97. The number of carbonyl (C=O) groups is 1. The lowest BCUT2D eigenvalue weighted by atomic mass is 9.95. The number of aryl methyl sites for hydroxylation is 1. The van der Waals surface area contributed by atoms with E-state index in [2.05, 4.69) is 28.3 Å². The Labute approximate surface area is 205 Å². The topological polar surface area (TPSA) is 86.2 Å². The van der Waals surface area contributed by atoms with Gasteiger partial charge in [-0.3, -0.25) is 14.8 Å². The number of pyridine rings is 1. The molecule has 2 aromatic carbocycles. The van der Waals surface area contributed by atoms with E-state index in [4.69, 9.17) is 14.5 Å². The molecular formula is C28H28N4O3. The van der Waals surface area contributed by atoms with Crippen LogP contribution in [0, 0.1) is 6.92 Å². The van der Waals surface area contributed by atoms with E-state index >= 15 is 0 Å². The van der Waals surface area contributed by atoms with Gasteiger partial charge in [0.15, 0.2) is 11.5 Å². The third-order valence-corrected chi connectivity index (χ3v) is 5.73. The molecule has 2 heterocycles. The normalized spacial score (nSPS) is 11.5. The van der Waals surface area contributed by atoms with Crippen molar-refractivity contribution in [3.05, 3.63) is 95.7 Å². The molecule has 7 nitrogen and oxygen atoms in total. The van der Waals surface area contributed by atoms with Gasteiger partial charge in [0.05, 0.1) is 37.4 Å². The summed E-state index contributed by atoms with van der Waals surface area (Å²) < 4.78 is 10.7. The number of aromatic nitrogens is 3. The minimum Gasteiger partial charge on any atom is -0.493 e. The van der Waals surface area contributed by atoms with Crippen LogP contribution in [-0.4, -0.2) is 35.1 Å². The fourth-order valence-corrected chi connectivity index (χ4v) is 3.88. The third-order valence-electron chi connectivity index (χ3n) is 5.73. The van der Waals surface area contributed by atoms with Crippen LogP contribution in [0.5, 0.6) is 11.5 Å². The number of ether oxygens (including phenoxy) is 2. The molecule has 0 aliphatic rings. The SMILES string of the molecule is COc1ccc(-c2cncc(C[C@H](C)c3cccc(NC(=O)c4cncc(C)c4)c3)n2)cc1OC. The Hall–Kier alpha value is -4.26. The summed E-state index contributed by atoms with van der Waals surface area (Å²) in [6, 6.07) is 15.4. The van der Waals surface area contributed by atoms with Gasteiger partial charge < -0.3 is 14.8 Å². The quantitative estimate of drug-likeness (QED) is 0.369. The van der Waals surface area contributed by atoms with Gasteiger partial charge in [0, 0.05) is 29.8 Å². The number of carbonyl (C=O) groups excluding carboxylic acids is 1. The molecule has 0 saturated carbocycles. The molecule has 178 valence electrons. The predicted octanol–water partition coefficient (Wildman–Crippen LogP) is 5.46. The Balaban J connectivity index is 1.49. The lowest BCUT2D eigenvalue weighted by molar-refractivity contribution is 0.102. The van der Waals surface area contributed by atoms with Gasteiger partial charge in [-0.2, -0.15) is 0 Å². The molecule has 0 fully saturated rings. The zero-order valence-corrected chi connectivity index (χ0v) is 20.3. The van der Waals surface area contributed by atoms with Crippen molar-refractivity contribution in [3.63, 3.8) is 0 Å². The smallest absolute Gasteiger partial charge is 0.257 e. The second-order valence-electron chi connectivity index (χ2n) is 8.40. The van der Waals surface area contributed by atoms with E-state index in [9.17, 15) is 4.79 Å². The number of hydrogen-bond acceptors (Lipinski definition) is 6. The summed E-state index contributed by atoms with van der Waals surface area (Å²) in [5.41, 5.74) is 5.87. The molecule has 1 atom stereocenters. The van der Waals surface area contributed by atoms with Gasteiger partial charge in [-0.15, -0.1) is 0 Å². The summed E-state index contributed by atoms with van der Waals surface area (Å²) in [5.74, 6) is 1.30. The number of amides is 1. The number of anilines is 1. The lowest BCUT2D eigenvalue weighted by Crippen LogP contribution is -2.12. The van der Waals surface area contributed by atoms with Gasteiger partial charge in [-0.05, 0) is 66.8 Å². The third kappa shape index (κ3) is 5.81. The average Bonchev–Trinajstić information content (AvgIpc) is 2.88. The Morgan fingerprint density at radius 3 is 2.51 bits per heavy atom. The molecule has 0 spiro atoms. The second kappa shape index (κ2) is 10.8. The highest BCUT2D eigenvalue weighted by Crippen LogP contribution is 2.31. The summed E-state index contributed by atoms with van der Waals surface area (Å²) >= 11 is 0. The minimum atomic E-state index is -0.181. The Morgan fingerprint density at radius 1 is 0.943 bits per heavy atom. The Morgan fingerprint density at radius 2 is 1.74 bits per heavy atom. The van der Waals surface area contributed by atoms with Gasteiger partial charge in [-0.1, -0.05) is 19.1 Å². The van der Waals surface area contributed by atoms with E-state index < -0.39 is 0 Å². The first-order valence-corrected chi connectivity index (χ1v) is 11.3. The lowest BCUT2D eigenvalue weighted by Gasteiger charge is -2.14. The van der Waals surface area contributed by atoms with Gasteiger partial charge in [-0.25, -0.2) is 4.98 Å². The molecule has 1 N–H and O–H groups in total. The average molecular weight is 469 g/mol. The van der Waals surface area contributed by atoms with Crippen LogP contribution in [-0.2, 0) is 6.42 Å². The summed E-state index contributed by atoms with van der Waals surface area (Å²) in [6.45, 7) is 4.05. The molecule has 0 saturated heterocycles. The van der Waals surface area contributed by atoms with E-state index in [0.717, 1.165) is 33.8 Å². The molecule has 4 rings (SSSR count). The largest absolute Gasteiger partial charge is 0.493 e. The first-order chi connectivity index (χ1) is 17.0. The Kier molecular flexibility index (Phi) is 7.35. The molecule has 7 heteroatoms. The molecule has 1 amide bonds. The number of nitrogens with zero attached hydrogens (tertiary/aromatic N) is 3. The monoisotopic (exact) mass is 468 g/mol. The highest BCUT2D eigenvalue weighted by atomic mass is 16.5. The van der Waals surface area contributed by atoms with E-state index in [-0.39, 0.29) is 11.8 Å². The van der Waals surface area contributed by atoms with Gasteiger partial charge >= 0.3 is 0 Å². The van der Waals surface area contributed by atoms with Crippen LogP contribution < -0.4 is 14.8 Å². The van der Waals surface area contributed by atoms with Crippen molar-refractivity contribution in [3.8, 4) is 22.8 Å². The molecule has 35 heavy (non-hydrogen) atoms. The molecule has 0 bridgehead atoms. The number of rotatable bonds is 8. The highest BCUT2D eigenvalue weighted by molar-refractivity contribution is 6.04. The van der Waals surface area contributed by atoms with Gasteiger partial charge in [0.25, 0.3) is 5.91 Å². The van der Waals surface area contributed by atoms with E-state index in [1.54, 1.807) is 39.0 Å². The number of benzene rings is 2. The van der Waals surface area contributed by atoms with Crippen LogP contribution >= 0.6 is 0 Å². The van der Waals surface area contributed by atoms with E-state index in [1.165, 1.54) is 0 Å². The highest BCUT2D eigenvalue weighted by Gasteiger charge is 2.13. The van der Waals surface area contributed by atoms with Crippen molar-refractivity contribution < 1.29 is 14.3 Å². The molecular weight excluding hydrogens is 440 g/mol. The maximum absolute atomic E-state index is 12.6. The van der Waals surface area contributed by atoms with Crippen LogP contribution in [0.25, 0.3) is 11.3 Å². The predicted molar refractivity (Wildman–Crippen MR) is 136 cm³/mol. The first-order valence-electron chi connectivity index (χ1n) is 11.3. The van der Waals surface area contributed by atoms with Crippen LogP contribution in [0.2, 0.25) is 0 Å². The van der Waals surface area contributed by atoms with Crippen LogP contribution in [0.1, 0.15) is 40.0 Å². The van der Waals surface area contributed by atoms with Crippen molar-refractivity contribution in [2.24, 2.45) is 0 Å². The summed E-state index contributed by atoms with van der Waals surface area (Å²) in [7, 11) is 3.22. The molecule has 2 aromatic heterocycles. The maximum atomic E-state index is 12.6. The summed E-state index contributed by atoms with van der Waals surface area (Å²) in [6.07, 6.45) is 7.52. The van der Waals surface area contributed by atoms with Crippen molar-refractivity contribution in [2.45, 2.75) is 26.2 Å². The standard InChI is InChI=1S/C28H28N4O3/c1-18-10-22(15-29-14-18)28(33)32-23-7-5-6-20(12-23)19(2)11-24-16-30-17-25(31-24)21-8-9-26(34-3)27(13-21)35-4/h5-10,12-17,19H,11H2,1-4H3,(H,32,33)/t19-/m0/s1. The van der Waals surface area contributed by atoms with Crippen LogP contribution in [0.4, 0.5) is 5.69 Å². The second-order valence-corrected chi connectivity index (χ2v) is 8.40. The minimum absolute atomic E-state index is 0.169. The molecule has 0 unspecified atom stereocenters. The van der Waals surface area contributed by atoms with Crippen LogP contribution in [0.3, 0.4) is 0 Å². The molecule has 0 aliphatic heterocycles. The Bertz CT molecular complexity index is 1340. The van der Waals surface area contributed by atoms with Crippen molar-refractivity contribution >= 4 is 11.6 Å². The van der Waals surface area contributed by atoms with Crippen molar-refractivity contribution in [2.75, 3.05) is 19.5 Å². The summed E-state index contributed by atoms with van der Waals surface area (Å²) in [4.78, 5) is 25.9. The fraction of sp³-hybridized carbons (Fsp3) is 0.214. The fourth-order valence-electron chi connectivity index (χ4n) is 3.88. The van der Waals surface area contributed by atoms with Gasteiger partial charge in [0.1, 0.15) is 0 Å². The zero-order valence-electron chi connectivity index (χ0n) is 20.3. The van der Waals surface area contributed by atoms with Crippen LogP contribution in [0.15, 0.2) is 73.3 Å². The molecule has 4 aromatic rings. The van der Waals surface area contributed by atoms with Crippen molar-refractivity contribution in [1.82, 2.24) is 15.0 Å². The number of methoxy groups -OCH3 is 2. The van der Waals surface area contributed by atoms with E-state index in [1.807, 2.05) is 49.4 Å². The molecule has 0 radical (unpaired) electrons. The maximum Gasteiger partial charge on any atom is 0.257 e.